The van der Waals surface area contributed by atoms with Crippen LogP contribution in [0.4, 0.5) is 0 Å². The molecule has 28 nitrogen and oxygen atoms in total. The minimum absolute atomic E-state index is 0. The minimum atomic E-state index is -1.17. The third-order valence-electron chi connectivity index (χ3n) is 7.75. The Kier molecular flexibility index (Phi) is 57.4. The molecule has 444 valence electrons. The molecule has 0 aliphatic carbocycles. The molecule has 0 aliphatic rings. The van der Waals surface area contributed by atoms with Crippen LogP contribution in [-0.2, 0) is 93.9 Å². The molecule has 8 heterocycles. The van der Waals surface area contributed by atoms with Gasteiger partial charge in [-0.2, -0.15) is 0 Å². The molecule has 0 radical (unpaired) electrons. The van der Waals surface area contributed by atoms with E-state index in [1.807, 2.05) is 0 Å². The van der Waals surface area contributed by atoms with E-state index in [1.165, 1.54) is 206 Å². The fourth-order valence-electron chi connectivity index (χ4n) is 3.90. The fraction of sp³-hybridized carbons (Fsp3) is 0.0741. The zero-order valence-corrected chi connectivity index (χ0v) is 53.1. The second-order valence-electron chi connectivity index (χ2n) is 14.3. The van der Waals surface area contributed by atoms with Gasteiger partial charge in [0.05, 0.1) is 47.8 Å². The number of carbonyl (C=O) groups is 10. The van der Waals surface area contributed by atoms with E-state index in [0.717, 1.165) is 12.8 Å². The molecule has 32 heteroatoms. The predicted octanol–water partition coefficient (Wildman–Crippen LogP) is -5.04. The molecular weight excluding hydrogens is 1460 g/mol. The van der Waals surface area contributed by atoms with E-state index in [1.54, 1.807) is 28.2 Å². The van der Waals surface area contributed by atoms with Gasteiger partial charge in [-0.15, -0.1) is 0 Å². The third kappa shape index (κ3) is 49.3. The molecule has 8 aromatic heterocycles. The molecule has 86 heavy (non-hydrogen) atoms. The van der Waals surface area contributed by atoms with E-state index < -0.39 is 47.8 Å². The van der Waals surface area contributed by atoms with Crippen molar-refractivity contribution < 1.29 is 173 Å². The van der Waals surface area contributed by atoms with E-state index in [2.05, 4.69) is 39.9 Å². The largest absolute Gasteiger partial charge is 2.00 e. The normalized spacial score (nSPS) is 8.23. The Morgan fingerprint density at radius 1 is 0.244 bits per heavy atom. The molecule has 0 spiro atoms. The first kappa shape index (κ1) is 87.9. The molecule has 0 aliphatic heterocycles. The van der Waals surface area contributed by atoms with Gasteiger partial charge in [-0.1, -0.05) is 0 Å². The minimum Gasteiger partial charge on any atom is -0.545 e. The fourth-order valence-corrected chi connectivity index (χ4v) is 3.90. The Hall–Kier alpha value is -9.35. The molecule has 0 N–H and O–H groups in total. The van der Waals surface area contributed by atoms with Gasteiger partial charge in [0.15, 0.2) is 0 Å². The van der Waals surface area contributed by atoms with Gasteiger partial charge in [0.1, 0.15) is 0 Å². The molecular formula is C54H46Mo4N10O18. The molecule has 2 amide bonds. The Balaban J connectivity index is -0.000000207. The second-order valence-corrected chi connectivity index (χ2v) is 14.3. The first-order chi connectivity index (χ1) is 39.0. The summed E-state index contributed by atoms with van der Waals surface area (Å²) in [5.41, 5.74) is 1.26. The van der Waals surface area contributed by atoms with Gasteiger partial charge in [0.25, 0.3) is 0 Å². The van der Waals surface area contributed by atoms with Crippen LogP contribution in [0.15, 0.2) is 196 Å². The molecule has 0 aromatic carbocycles. The average molecular weight is 1510 g/mol. The van der Waals surface area contributed by atoms with Crippen molar-refractivity contribution in [1.82, 2.24) is 49.7 Å². The van der Waals surface area contributed by atoms with Crippen LogP contribution in [0.25, 0.3) is 0 Å². The van der Waals surface area contributed by atoms with Crippen molar-refractivity contribution in [2.75, 3.05) is 28.2 Å². The predicted molar refractivity (Wildman–Crippen MR) is 268 cm³/mol. The Morgan fingerprint density at radius 3 is 0.349 bits per heavy atom. The van der Waals surface area contributed by atoms with E-state index in [4.69, 9.17) is 0 Å². The summed E-state index contributed by atoms with van der Waals surface area (Å²) < 4.78 is 0. The van der Waals surface area contributed by atoms with Crippen LogP contribution in [0.5, 0.6) is 0 Å². The van der Waals surface area contributed by atoms with Crippen LogP contribution in [0.1, 0.15) is 82.9 Å². The Bertz CT molecular complexity index is 2490. The number of nitrogens with zero attached hydrogens (tertiary/aromatic N) is 10. The molecule has 8 rings (SSSR count). The number of aromatic nitrogens is 8. The molecule has 0 fully saturated rings. The number of aromatic carboxylic acids is 8. The van der Waals surface area contributed by atoms with Crippen LogP contribution in [0.3, 0.4) is 0 Å². The number of rotatable bonds is 10. The number of amides is 2. The molecule has 0 saturated heterocycles. The van der Waals surface area contributed by atoms with Crippen molar-refractivity contribution in [1.29, 1.82) is 0 Å². The Labute approximate surface area is 548 Å². The SMILES string of the molecule is CN(C)C=O.CN(C)C=O.O=C([O-])c1ccncc1.O=C([O-])c1ccncc1.O=C([O-])c1ccncc1.O=C([O-])c1ccncc1.O=C([O-])c1ccncc1.O=C([O-])c1ccncc1.O=C([O-])c1ccncc1.O=C([O-])c1ccncc1.[Mo+2].[Mo+2].[Mo+2].[Mo+2]. The van der Waals surface area contributed by atoms with Gasteiger partial charge < -0.3 is 89.0 Å². The van der Waals surface area contributed by atoms with Gasteiger partial charge in [-0.25, -0.2) is 0 Å². The summed E-state index contributed by atoms with van der Waals surface area (Å²) in [4.78, 5) is 131. The number of carboxylic acids is 8. The third-order valence-corrected chi connectivity index (χ3v) is 7.75. The molecule has 0 atom stereocenters. The van der Waals surface area contributed by atoms with Crippen LogP contribution in [0.2, 0.25) is 0 Å². The molecule has 0 saturated carbocycles. The van der Waals surface area contributed by atoms with Crippen molar-refractivity contribution in [2.45, 2.75) is 0 Å². The number of carbonyl (C=O) groups excluding carboxylic acids is 10. The summed E-state index contributed by atoms with van der Waals surface area (Å²) in [6.07, 6.45) is 24.0. The van der Waals surface area contributed by atoms with Gasteiger partial charge >= 0.3 is 84.3 Å². The topological polar surface area (TPSA) is 465 Å². The zero-order chi connectivity index (χ0) is 62.1. The van der Waals surface area contributed by atoms with Gasteiger partial charge in [0.2, 0.25) is 12.8 Å². The first-order valence-corrected chi connectivity index (χ1v) is 22.1. The summed E-state index contributed by atoms with van der Waals surface area (Å²) in [7, 11) is 6.75. The van der Waals surface area contributed by atoms with Crippen LogP contribution in [-0.4, -0.2) is 138 Å². The summed E-state index contributed by atoms with van der Waals surface area (Å²) >= 11 is 0. The number of carboxylic acid groups (broad SMARTS) is 8. The van der Waals surface area contributed by atoms with E-state index in [9.17, 15) is 88.8 Å². The summed E-state index contributed by atoms with van der Waals surface area (Å²) in [5, 5.41) is 80.5. The quantitative estimate of drug-likeness (QED) is 0.0913. The van der Waals surface area contributed by atoms with E-state index in [-0.39, 0.29) is 129 Å². The molecule has 8 aromatic rings. The van der Waals surface area contributed by atoms with E-state index in [0.29, 0.717) is 0 Å². The zero-order valence-electron chi connectivity index (χ0n) is 45.1. The van der Waals surface area contributed by atoms with Crippen molar-refractivity contribution in [3.63, 3.8) is 0 Å². The average Bonchev–Trinajstić information content (AvgIpc) is 3.50. The maximum atomic E-state index is 10.1. The van der Waals surface area contributed by atoms with Crippen molar-refractivity contribution in [2.24, 2.45) is 0 Å². The molecule has 0 bridgehead atoms. The first-order valence-electron chi connectivity index (χ1n) is 22.1. The van der Waals surface area contributed by atoms with Crippen LogP contribution in [0, 0.1) is 0 Å². The van der Waals surface area contributed by atoms with Gasteiger partial charge in [-0.3, -0.25) is 49.5 Å². The number of hydrogen-bond acceptors (Lipinski definition) is 26. The van der Waals surface area contributed by atoms with Crippen LogP contribution < -0.4 is 40.9 Å². The van der Waals surface area contributed by atoms with Gasteiger partial charge in [-0.05, 0) is 97.1 Å². The van der Waals surface area contributed by atoms with Crippen LogP contribution >= 0.6 is 0 Å². The molecule has 0 unspecified atom stereocenters. The van der Waals surface area contributed by atoms with Crippen molar-refractivity contribution in [3.05, 3.63) is 241 Å². The summed E-state index contributed by atoms with van der Waals surface area (Å²) in [5.74, 6) is -9.35. The number of pyridine rings is 8. The number of hydrogen-bond donors (Lipinski definition) is 0. The van der Waals surface area contributed by atoms with E-state index >= 15 is 0 Å². The monoisotopic (exact) mass is 1510 g/mol. The van der Waals surface area contributed by atoms with Crippen molar-refractivity contribution >= 4 is 60.6 Å². The smallest absolute Gasteiger partial charge is 0.545 e. The Morgan fingerprint density at radius 2 is 0.314 bits per heavy atom. The summed E-state index contributed by atoms with van der Waals surface area (Å²) in [6, 6.07) is 22.1. The maximum absolute atomic E-state index is 10.1. The van der Waals surface area contributed by atoms with Gasteiger partial charge in [0, 0.05) is 172 Å². The van der Waals surface area contributed by atoms with Crippen molar-refractivity contribution in [3.8, 4) is 0 Å². The standard InChI is InChI=1S/8C6H5NO2.2C3H7NO.4Mo/c8*8-6(9)5-1-3-7-4-2-5;2*1-4(2)3-5;;;;/h8*1-4H,(H,8,9);2*3H,1-2H3;;;;/q;;;;;;;;;;4*+2/p-8. The maximum Gasteiger partial charge on any atom is 2.00 e. The second kappa shape index (κ2) is 56.2. The summed E-state index contributed by atoms with van der Waals surface area (Å²) in [6.45, 7) is 0.